The summed E-state index contributed by atoms with van der Waals surface area (Å²) >= 11 is 5.61. The second kappa shape index (κ2) is 13.0. The minimum absolute atomic E-state index is 0.129. The van der Waals surface area contributed by atoms with Gasteiger partial charge in [-0.1, -0.05) is 47.6 Å². The van der Waals surface area contributed by atoms with Gasteiger partial charge < -0.3 is 4.84 Å². The number of nitrogens with zero attached hydrogens (tertiary/aromatic N) is 1. The van der Waals surface area contributed by atoms with Crippen molar-refractivity contribution in [2.75, 3.05) is 0 Å². The summed E-state index contributed by atoms with van der Waals surface area (Å²) in [7, 11) is 0. The van der Waals surface area contributed by atoms with Crippen molar-refractivity contribution in [1.29, 1.82) is 0 Å². The molecule has 0 N–H and O–H groups in total. The molecule has 1 atom stereocenters. The van der Waals surface area contributed by atoms with E-state index in [0.717, 1.165) is 0 Å². The lowest BCUT2D eigenvalue weighted by Gasteiger charge is -2.13. The van der Waals surface area contributed by atoms with Gasteiger partial charge in [0, 0.05) is 18.2 Å². The van der Waals surface area contributed by atoms with Gasteiger partial charge in [-0.2, -0.15) is 0 Å². The molecule has 24 heavy (non-hydrogen) atoms. The fraction of sp³-hybridized carbons (Fsp3) is 0.722. The summed E-state index contributed by atoms with van der Waals surface area (Å²) in [5, 5.41) is 0.882. The highest BCUT2D eigenvalue weighted by molar-refractivity contribution is 6.20. The van der Waals surface area contributed by atoms with E-state index in [9.17, 15) is 14.4 Å². The van der Waals surface area contributed by atoms with Crippen LogP contribution in [0.3, 0.4) is 0 Å². The van der Waals surface area contributed by atoms with Crippen molar-refractivity contribution >= 4 is 29.4 Å². The molecule has 0 aromatic carbocycles. The molecule has 1 heterocycles. The van der Waals surface area contributed by atoms with Crippen molar-refractivity contribution < 1.29 is 19.2 Å². The van der Waals surface area contributed by atoms with Gasteiger partial charge in [0.15, 0.2) is 0 Å². The Labute approximate surface area is 151 Å². The standard InChI is InChI=1S/C8H11NO4.C5H11Cl.C5H10/c1-5(2)8(12)13-9-6(10)3-4-7(9)11;1-4(2)5(3)6;1-4-5(2)3/h5H,3-4H2,1-2H3;4-5H,1-3H3;4-5H,1H2,2-3H3. The molecule has 6 heteroatoms. The van der Waals surface area contributed by atoms with Crippen molar-refractivity contribution in [2.45, 2.75) is 66.7 Å². The van der Waals surface area contributed by atoms with Gasteiger partial charge in [0.1, 0.15) is 0 Å². The highest BCUT2D eigenvalue weighted by Crippen LogP contribution is 2.13. The molecule has 0 aromatic heterocycles. The Morgan fingerprint density at radius 2 is 1.42 bits per heavy atom. The minimum atomic E-state index is -0.566. The number of imide groups is 1. The first kappa shape index (κ1) is 24.9. The molecule has 0 radical (unpaired) electrons. The lowest BCUT2D eigenvalue weighted by atomic mass is 10.2. The molecule has 0 spiro atoms. The number of alkyl halides is 1. The van der Waals surface area contributed by atoms with Crippen LogP contribution in [0.15, 0.2) is 12.7 Å². The summed E-state index contributed by atoms with van der Waals surface area (Å²) in [5.74, 6) is -0.538. The van der Waals surface area contributed by atoms with Crippen molar-refractivity contribution in [2.24, 2.45) is 17.8 Å². The number of hydrogen-bond acceptors (Lipinski definition) is 4. The predicted octanol–water partition coefficient (Wildman–Crippen LogP) is 4.35. The number of amides is 2. The molecule has 0 bridgehead atoms. The molecule has 1 fully saturated rings. The van der Waals surface area contributed by atoms with Crippen LogP contribution in [-0.2, 0) is 19.2 Å². The predicted molar refractivity (Wildman–Crippen MR) is 97.2 cm³/mol. The van der Waals surface area contributed by atoms with E-state index >= 15 is 0 Å². The molecule has 5 nitrogen and oxygen atoms in total. The zero-order valence-corrected chi connectivity index (χ0v) is 16.7. The molecule has 0 aliphatic carbocycles. The molecule has 0 aromatic rings. The molecule has 1 aliphatic heterocycles. The van der Waals surface area contributed by atoms with Crippen LogP contribution in [0.2, 0.25) is 0 Å². The van der Waals surface area contributed by atoms with Crippen LogP contribution in [0.25, 0.3) is 0 Å². The quantitative estimate of drug-likeness (QED) is 0.424. The van der Waals surface area contributed by atoms with Crippen LogP contribution in [-0.4, -0.2) is 28.2 Å². The Morgan fingerprint density at radius 3 is 1.62 bits per heavy atom. The number of carbonyl (C=O) groups excluding carboxylic acids is 3. The summed E-state index contributed by atoms with van der Waals surface area (Å²) in [5.41, 5.74) is 0. The number of hydroxylamine groups is 2. The van der Waals surface area contributed by atoms with Gasteiger partial charge in [-0.25, -0.2) is 4.79 Å². The van der Waals surface area contributed by atoms with Gasteiger partial charge >= 0.3 is 5.97 Å². The molecule has 2 amide bonds. The van der Waals surface area contributed by atoms with Gasteiger partial charge in [0.2, 0.25) is 0 Å². The molecular formula is C18H32ClNO4. The smallest absolute Gasteiger partial charge is 0.330 e. The van der Waals surface area contributed by atoms with Crippen LogP contribution in [0.5, 0.6) is 0 Å². The number of hydrogen-bond donors (Lipinski definition) is 0. The zero-order chi connectivity index (χ0) is 19.4. The Balaban J connectivity index is 0. The summed E-state index contributed by atoms with van der Waals surface area (Å²) in [6.07, 6.45) is 2.18. The molecular weight excluding hydrogens is 330 g/mol. The van der Waals surface area contributed by atoms with Crippen molar-refractivity contribution in [1.82, 2.24) is 5.06 Å². The highest BCUT2D eigenvalue weighted by Gasteiger charge is 2.33. The third-order valence-electron chi connectivity index (χ3n) is 3.05. The van der Waals surface area contributed by atoms with Crippen LogP contribution in [0.4, 0.5) is 0 Å². The minimum Gasteiger partial charge on any atom is -0.330 e. The van der Waals surface area contributed by atoms with E-state index in [0.29, 0.717) is 22.3 Å². The number of halogens is 1. The second-order valence-electron chi connectivity index (χ2n) is 6.55. The maximum absolute atomic E-state index is 11.0. The van der Waals surface area contributed by atoms with Crippen molar-refractivity contribution in [3.8, 4) is 0 Å². The summed E-state index contributed by atoms with van der Waals surface area (Å²) < 4.78 is 0. The van der Waals surface area contributed by atoms with E-state index in [2.05, 4.69) is 39.1 Å². The van der Waals surface area contributed by atoms with Crippen LogP contribution >= 0.6 is 11.6 Å². The maximum atomic E-state index is 11.0. The normalized spacial score (nSPS) is 14.9. The molecule has 1 unspecified atom stereocenters. The van der Waals surface area contributed by atoms with Gasteiger partial charge in [-0.05, 0) is 18.8 Å². The lowest BCUT2D eigenvalue weighted by molar-refractivity contribution is -0.199. The van der Waals surface area contributed by atoms with Gasteiger partial charge in [-0.3, -0.25) is 9.59 Å². The van der Waals surface area contributed by atoms with Crippen LogP contribution in [0.1, 0.15) is 61.3 Å². The van der Waals surface area contributed by atoms with E-state index in [1.807, 2.05) is 13.0 Å². The Bertz CT molecular complexity index is 395. The Morgan fingerprint density at radius 1 is 1.08 bits per heavy atom. The third kappa shape index (κ3) is 12.1. The topological polar surface area (TPSA) is 63.7 Å². The van der Waals surface area contributed by atoms with E-state index in [4.69, 9.17) is 11.6 Å². The molecule has 1 aliphatic rings. The molecule has 0 saturated carbocycles. The Hall–Kier alpha value is -1.36. The number of allylic oxidation sites excluding steroid dienone is 1. The summed E-state index contributed by atoms with van der Waals surface area (Å²) in [4.78, 5) is 37.6. The maximum Gasteiger partial charge on any atom is 0.335 e. The lowest BCUT2D eigenvalue weighted by Crippen LogP contribution is -2.33. The largest absolute Gasteiger partial charge is 0.335 e. The molecule has 140 valence electrons. The molecule has 1 rings (SSSR count). The average molecular weight is 362 g/mol. The van der Waals surface area contributed by atoms with Gasteiger partial charge in [-0.15, -0.1) is 23.2 Å². The number of carbonyl (C=O) groups is 3. The number of rotatable bonds is 4. The second-order valence-corrected chi connectivity index (χ2v) is 7.24. The van der Waals surface area contributed by atoms with Crippen molar-refractivity contribution in [3.63, 3.8) is 0 Å². The van der Waals surface area contributed by atoms with Crippen molar-refractivity contribution in [3.05, 3.63) is 12.7 Å². The summed E-state index contributed by atoms with van der Waals surface area (Å²) in [6, 6.07) is 0. The molecule has 1 saturated heterocycles. The van der Waals surface area contributed by atoms with E-state index in [1.165, 1.54) is 0 Å². The van der Waals surface area contributed by atoms with E-state index < -0.39 is 17.8 Å². The Kier molecular flexibility index (Phi) is 13.5. The van der Waals surface area contributed by atoms with Gasteiger partial charge in [0.05, 0.1) is 5.92 Å². The fourth-order valence-corrected chi connectivity index (χ4v) is 0.853. The third-order valence-corrected chi connectivity index (χ3v) is 3.55. The fourth-order valence-electron chi connectivity index (χ4n) is 0.853. The first-order chi connectivity index (χ1) is 10.9. The first-order valence-electron chi connectivity index (χ1n) is 8.28. The average Bonchev–Trinajstić information content (AvgIpc) is 2.80. The van der Waals surface area contributed by atoms with Gasteiger partial charge in [0.25, 0.3) is 11.8 Å². The summed E-state index contributed by atoms with van der Waals surface area (Å²) in [6.45, 7) is 17.3. The van der Waals surface area contributed by atoms with Crippen LogP contribution < -0.4 is 0 Å². The van der Waals surface area contributed by atoms with E-state index in [1.54, 1.807) is 13.8 Å². The highest BCUT2D eigenvalue weighted by atomic mass is 35.5. The zero-order valence-electron chi connectivity index (χ0n) is 16.0. The first-order valence-corrected chi connectivity index (χ1v) is 8.71. The van der Waals surface area contributed by atoms with E-state index in [-0.39, 0.29) is 18.8 Å². The SMILES string of the molecule is C=CC(C)C.CC(C)C(=O)ON1C(=O)CCC1=O.CC(C)C(C)Cl. The van der Waals surface area contributed by atoms with Crippen LogP contribution in [0, 0.1) is 17.8 Å². The monoisotopic (exact) mass is 361 g/mol.